The molecule has 0 spiro atoms. The van der Waals surface area contributed by atoms with Gasteiger partial charge in [0.2, 0.25) is 27.6 Å². The molecule has 20 aromatic heterocycles. The number of hydrogen-bond acceptors (Lipinski definition) is 12. The summed E-state index contributed by atoms with van der Waals surface area (Å²) in [7, 11) is 2.11. The lowest BCUT2D eigenvalue weighted by Gasteiger charge is -2.00. The van der Waals surface area contributed by atoms with Gasteiger partial charge in [-0.1, -0.05) is 29.5 Å². The third-order valence-corrected chi connectivity index (χ3v) is 21.5. The van der Waals surface area contributed by atoms with Crippen LogP contribution in [-0.4, -0.2) is 86.7 Å². The number of oxazole rings is 1. The van der Waals surface area contributed by atoms with Crippen LogP contribution in [0.25, 0.3) is 144 Å². The van der Waals surface area contributed by atoms with Crippen LogP contribution in [0.4, 0.5) is 0 Å². The average Bonchev–Trinajstić information content (AvgIpc) is 1.54. The molecule has 0 saturated heterocycles. The number of pyridine rings is 5. The molecule has 5 aliphatic rings. The first-order valence-corrected chi connectivity index (χ1v) is 34.5. The number of para-hydroxylation sites is 1. The average molecular weight is 1370 g/mol. The molecule has 5 aliphatic heterocycles. The highest BCUT2D eigenvalue weighted by molar-refractivity contribution is 7.21. The van der Waals surface area contributed by atoms with Gasteiger partial charge in [0.05, 0.1) is 88.5 Å². The molecular weight excluding hydrogens is 1310 g/mol. The Balaban J connectivity index is 0.0000000830. The summed E-state index contributed by atoms with van der Waals surface area (Å²) in [5, 5.41) is 23.1. The maximum atomic E-state index is 7.99. The van der Waals surface area contributed by atoms with Gasteiger partial charge in [-0.15, -0.1) is 4.57 Å². The van der Waals surface area contributed by atoms with Crippen molar-refractivity contribution in [1.82, 2.24) is 86.7 Å². The van der Waals surface area contributed by atoms with Crippen LogP contribution in [0.2, 0.25) is 0 Å². The van der Waals surface area contributed by atoms with E-state index in [0.717, 1.165) is 121 Å². The lowest BCUT2D eigenvalue weighted by atomic mass is 10.2. The summed E-state index contributed by atoms with van der Waals surface area (Å²) < 4.78 is 57.9. The molecular formula is C78H56N23OS+5. The Morgan fingerprint density at radius 1 is 0.350 bits per heavy atom. The van der Waals surface area contributed by atoms with Crippen LogP contribution < -0.4 is 22.8 Å². The van der Waals surface area contributed by atoms with E-state index < -0.39 is 6.98 Å². The predicted molar refractivity (Wildman–Crippen MR) is 384 cm³/mol. The molecule has 0 aliphatic carbocycles. The van der Waals surface area contributed by atoms with Crippen molar-refractivity contribution < 1.29 is 31.4 Å². The Morgan fingerprint density at radius 2 is 0.748 bits per heavy atom. The van der Waals surface area contributed by atoms with Gasteiger partial charge in [0, 0.05) is 62.0 Å². The molecule has 21 aromatic rings. The second-order valence-corrected chi connectivity index (χ2v) is 26.8. The molecule has 26 rings (SSSR count). The third-order valence-electron chi connectivity index (χ3n) is 20.3. The topological polar surface area (TPSA) is 198 Å². The number of fused-ring (bicyclic) bond motifs is 35. The van der Waals surface area contributed by atoms with Crippen LogP contribution in [0.5, 0.6) is 0 Å². The highest BCUT2D eigenvalue weighted by Crippen LogP contribution is 2.39. The van der Waals surface area contributed by atoms with Crippen molar-refractivity contribution in [3.63, 3.8) is 0 Å². The Labute approximate surface area is 590 Å². The van der Waals surface area contributed by atoms with Crippen molar-refractivity contribution in [2.75, 3.05) is 0 Å². The fourth-order valence-corrected chi connectivity index (χ4v) is 17.3. The van der Waals surface area contributed by atoms with Crippen molar-refractivity contribution >= 4 is 93.3 Å². The highest BCUT2D eigenvalue weighted by atomic mass is 32.1. The highest BCUT2D eigenvalue weighted by Gasteiger charge is 2.41. The van der Waals surface area contributed by atoms with Crippen molar-refractivity contribution in [2.45, 2.75) is 32.7 Å². The van der Waals surface area contributed by atoms with Gasteiger partial charge in [0.1, 0.15) is 74.6 Å². The van der Waals surface area contributed by atoms with E-state index in [9.17, 15) is 0 Å². The van der Waals surface area contributed by atoms with Crippen molar-refractivity contribution in [1.29, 1.82) is 0 Å². The molecule has 0 fully saturated rings. The van der Waals surface area contributed by atoms with Gasteiger partial charge in [-0.2, -0.15) is 34.6 Å². The zero-order valence-corrected chi connectivity index (χ0v) is 55.5. The zero-order valence-electron chi connectivity index (χ0n) is 57.7. The first-order valence-electron chi connectivity index (χ1n) is 35.2. The van der Waals surface area contributed by atoms with E-state index in [-0.39, 0.29) is 0 Å². The number of hydrogen-bond donors (Lipinski definition) is 0. The quantitative estimate of drug-likeness (QED) is 0.142. The van der Waals surface area contributed by atoms with Gasteiger partial charge in [-0.25, -0.2) is 45.4 Å². The molecule has 0 atom stereocenters. The van der Waals surface area contributed by atoms with Crippen LogP contribution in [0.15, 0.2) is 249 Å². The molecule has 0 radical (unpaired) electrons. The number of nitrogens with zero attached hydrogens (tertiary/aromatic N) is 23. The second-order valence-electron chi connectivity index (χ2n) is 25.8. The molecule has 0 unspecified atom stereocenters. The largest absolute Gasteiger partial charge is 0.396 e. The van der Waals surface area contributed by atoms with Gasteiger partial charge in [-0.3, -0.25) is 24.9 Å². The van der Waals surface area contributed by atoms with Gasteiger partial charge in [-0.05, 0) is 133 Å². The van der Waals surface area contributed by atoms with Gasteiger partial charge < -0.3 is 4.42 Å². The van der Waals surface area contributed by atoms with E-state index in [1.54, 1.807) is 29.3 Å². The Hall–Kier alpha value is -13.8. The van der Waals surface area contributed by atoms with Crippen LogP contribution >= 0.6 is 11.3 Å². The fourth-order valence-electron chi connectivity index (χ4n) is 16.0. The van der Waals surface area contributed by atoms with E-state index in [4.69, 9.17) is 8.53 Å². The number of aryl methyl sites for hydroxylation is 2. The molecule has 24 nitrogen and oxygen atoms in total. The maximum absolute atomic E-state index is 7.99. The summed E-state index contributed by atoms with van der Waals surface area (Å²) in [5.74, 6) is 3.99. The Kier molecular flexibility index (Phi) is 11.5. The van der Waals surface area contributed by atoms with E-state index in [1.165, 1.54) is 70.4 Å². The molecule has 0 bridgehead atoms. The summed E-state index contributed by atoms with van der Waals surface area (Å²) in [6.45, 7) is 1.53. The molecule has 0 N–H and O–H groups in total. The number of benzene rings is 1. The summed E-state index contributed by atoms with van der Waals surface area (Å²) in [6, 6.07) is 50.8. The fraction of sp³-hybridized carbons (Fsp3) is 0.0897. The van der Waals surface area contributed by atoms with E-state index in [0.29, 0.717) is 17.9 Å². The SMILES string of the molecule is Cn1c2[n+](c3c1cn1ncccc31)Cc1ncccc1-2.[2H]C([2H])([2H])n1c2[n+](c3c1cn1ncccc31)Cc1ncccc1-2.c1ccc(-n2c3[n+](c4c2cn2ncccc42)Cc2ncccc2-3)cc1.c1cnc2c(c1)-c1oc3cn4ncccc4c3[n+]1C2.c1cnc2c(c1)-c1sc3cn4ncccc4c3[n+]1C2. The number of imidazole rings is 3. The zero-order chi connectivity index (χ0) is 70.2. The predicted octanol–water partition coefficient (Wildman–Crippen LogP) is 10.1. The Morgan fingerprint density at radius 3 is 1.30 bits per heavy atom. The van der Waals surface area contributed by atoms with Gasteiger partial charge in [0.25, 0.3) is 33.5 Å². The van der Waals surface area contributed by atoms with Crippen molar-refractivity contribution in [3.8, 4) is 61.9 Å². The second kappa shape index (κ2) is 21.8. The van der Waals surface area contributed by atoms with Crippen LogP contribution in [0, 0.1) is 0 Å². The molecule has 0 amide bonds. The lowest BCUT2D eigenvalue weighted by Crippen LogP contribution is -2.31. The van der Waals surface area contributed by atoms with Crippen LogP contribution in [0.1, 0.15) is 32.6 Å². The van der Waals surface area contributed by atoms with Crippen LogP contribution in [0.3, 0.4) is 0 Å². The normalized spacial score (nSPS) is 13.5. The standard InChI is InChI=1S/C20H14N5.2C15H12N5.C14H9N4O.C14H9N4S/c1-2-6-14(7-3-1)25-18-13-24-17(9-5-11-22-24)19(18)23-12-16-15(20(23)25)8-4-10-21-16;2*1-18-13-9-20-12(5-3-7-17-20)14(13)19-8-11-10(15(18)19)4-2-6-16-11;2*1-3-9-10(15-5-1)7-17-13-11-4-2-6-16-18(11)8-12(13)19-14(9)17/h1-11,13H,12H2;2*2-7,9H,8H2,1H3;2*1-6,8H,7H2/q5*+1/i;1D3;;;. The minimum atomic E-state index is -2.28. The molecule has 0 saturated carbocycles. The monoisotopic (exact) mass is 1370 g/mol. The Bertz CT molecular complexity index is 7090. The van der Waals surface area contributed by atoms with E-state index in [1.807, 2.05) is 162 Å². The number of aromatic nitrogens is 23. The number of thiazole rings is 1. The molecule has 25 heteroatoms. The summed E-state index contributed by atoms with van der Waals surface area (Å²) >= 11 is 1.82. The molecule has 103 heavy (non-hydrogen) atoms. The van der Waals surface area contributed by atoms with Crippen LogP contribution in [-0.2, 0) is 46.7 Å². The summed E-state index contributed by atoms with van der Waals surface area (Å²) in [4.78, 5) is 22.4. The van der Waals surface area contributed by atoms with E-state index >= 15 is 0 Å². The molecule has 490 valence electrons. The maximum Gasteiger partial charge on any atom is 0.384 e. The number of rotatable bonds is 1. The minimum Gasteiger partial charge on any atom is -0.396 e. The van der Waals surface area contributed by atoms with E-state index in [2.05, 4.69) is 176 Å². The van der Waals surface area contributed by atoms with Crippen molar-refractivity contribution in [2.24, 2.45) is 14.0 Å². The summed E-state index contributed by atoms with van der Waals surface area (Å²) in [6.07, 6.45) is 28.1. The lowest BCUT2D eigenvalue weighted by molar-refractivity contribution is -0.649. The molecule has 25 heterocycles. The van der Waals surface area contributed by atoms with Gasteiger partial charge in [0.15, 0.2) is 24.1 Å². The first kappa shape index (κ1) is 54.1. The van der Waals surface area contributed by atoms with Crippen molar-refractivity contribution in [3.05, 3.63) is 273 Å². The summed E-state index contributed by atoms with van der Waals surface area (Å²) in [5.41, 5.74) is 27.1. The van der Waals surface area contributed by atoms with Gasteiger partial charge >= 0.3 is 5.89 Å². The third kappa shape index (κ3) is 8.35. The smallest absolute Gasteiger partial charge is 0.384 e. The first-order chi connectivity index (χ1) is 52.1. The minimum absolute atomic E-state index is 0.569. The molecule has 1 aromatic carbocycles.